The van der Waals surface area contributed by atoms with Crippen LogP contribution in [0.15, 0.2) is 23.2 Å². The first-order valence-electron chi connectivity index (χ1n) is 7.65. The van der Waals surface area contributed by atoms with E-state index >= 15 is 0 Å². The first-order valence-corrected chi connectivity index (χ1v) is 11.6. The molecule has 5 nitrogen and oxygen atoms in total. The molecule has 4 unspecified atom stereocenters. The fourth-order valence-electron chi connectivity index (χ4n) is 3.15. The van der Waals surface area contributed by atoms with Crippen molar-refractivity contribution in [2.45, 2.75) is 27.6 Å². The molecule has 2 bridgehead atoms. The highest BCUT2D eigenvalue weighted by molar-refractivity contribution is 7.49. The minimum Gasteiger partial charge on any atom is -0.508 e. The number of hydrogen-bond acceptors (Lipinski definition) is 5. The average Bonchev–Trinajstić information content (AvgIpc) is 2.87. The smallest absolute Gasteiger partial charge is 0.508 e. The van der Waals surface area contributed by atoms with E-state index in [1.54, 1.807) is 13.0 Å². The highest BCUT2D eigenvalue weighted by Crippen LogP contribution is 2.73. The molecule has 4 atom stereocenters. The van der Waals surface area contributed by atoms with E-state index in [1.165, 1.54) is 12.1 Å². The molecular weight excluding hydrogens is 504 g/mol. The highest BCUT2D eigenvalue weighted by Gasteiger charge is 2.68. The van der Waals surface area contributed by atoms with Crippen LogP contribution in [0.2, 0.25) is 0 Å². The quantitative estimate of drug-likeness (QED) is 0.328. The van der Waals surface area contributed by atoms with E-state index in [4.69, 9.17) is 83.2 Å². The Bertz CT molecular complexity index is 846. The Labute approximate surface area is 186 Å². The molecule has 1 aromatic rings. The first kappa shape index (κ1) is 22.1. The van der Waals surface area contributed by atoms with E-state index in [-0.39, 0.29) is 34.6 Å². The van der Waals surface area contributed by atoms with E-state index in [0.29, 0.717) is 5.56 Å². The average molecular weight is 517 g/mol. The van der Waals surface area contributed by atoms with Gasteiger partial charge in [-0.05, 0) is 19.1 Å². The van der Waals surface area contributed by atoms with Crippen LogP contribution in [0, 0.1) is 0 Å². The minimum atomic E-state index is -4.18. The number of phenols is 1. The van der Waals surface area contributed by atoms with Crippen LogP contribution in [0.1, 0.15) is 24.0 Å². The fraction of sp³-hybridized carbons (Fsp3) is 0.467. The summed E-state index contributed by atoms with van der Waals surface area (Å²) in [6.07, 6.45) is 1.56. The molecule has 0 aliphatic heterocycles. The zero-order valence-corrected chi connectivity index (χ0v) is 19.0. The molecule has 0 spiro atoms. The number of phosphoric acid groups is 1. The number of allylic oxidation sites excluding steroid dienone is 2. The Morgan fingerprint density at radius 1 is 1.33 bits per heavy atom. The Hall–Kier alpha value is 0.450. The van der Waals surface area contributed by atoms with Crippen LogP contribution < -0.4 is 4.52 Å². The van der Waals surface area contributed by atoms with Crippen molar-refractivity contribution in [2.24, 2.45) is 0 Å². The molecule has 0 amide bonds. The summed E-state index contributed by atoms with van der Waals surface area (Å²) in [6, 6.07) is 2.67. The van der Waals surface area contributed by atoms with E-state index in [9.17, 15) is 9.67 Å². The number of phosphoric ester groups is 1. The second kappa shape index (κ2) is 7.61. The third-order valence-electron chi connectivity index (χ3n) is 4.19. The predicted molar refractivity (Wildman–Crippen MR) is 108 cm³/mol. The molecule has 2 aliphatic rings. The lowest BCUT2D eigenvalue weighted by atomic mass is 9.94. The van der Waals surface area contributed by atoms with Crippen molar-refractivity contribution in [3.05, 3.63) is 34.4 Å². The van der Waals surface area contributed by atoms with Crippen LogP contribution >= 0.6 is 77.4 Å². The van der Waals surface area contributed by atoms with E-state index in [2.05, 4.69) is 0 Å². The molecule has 0 heterocycles. The normalized spacial score (nSPS) is 28.4. The first-order chi connectivity index (χ1) is 12.5. The maximum Gasteiger partial charge on any atom is 0.531 e. The van der Waals surface area contributed by atoms with Gasteiger partial charge in [-0.25, -0.2) is 4.57 Å². The summed E-state index contributed by atoms with van der Waals surface area (Å²) in [5, 5.41) is 10.5. The number of aromatic hydroxyl groups is 1. The van der Waals surface area contributed by atoms with Crippen molar-refractivity contribution in [1.82, 2.24) is 0 Å². The third-order valence-corrected chi connectivity index (χ3v) is 8.93. The number of benzene rings is 1. The van der Waals surface area contributed by atoms with Crippen molar-refractivity contribution in [2.75, 3.05) is 12.5 Å². The molecule has 12 heteroatoms. The van der Waals surface area contributed by atoms with Gasteiger partial charge in [-0.1, -0.05) is 52.5 Å². The largest absolute Gasteiger partial charge is 0.531 e. The second-order valence-corrected chi connectivity index (χ2v) is 10.5. The summed E-state index contributed by atoms with van der Waals surface area (Å²) >= 11 is 37.4. The number of rotatable bonds is 7. The van der Waals surface area contributed by atoms with Crippen LogP contribution in [0.3, 0.4) is 0 Å². The van der Waals surface area contributed by atoms with E-state index < -0.39 is 28.5 Å². The molecule has 27 heavy (non-hydrogen) atoms. The lowest BCUT2D eigenvalue weighted by molar-refractivity contribution is 0.154. The Kier molecular flexibility index (Phi) is 6.24. The SMILES string of the molecule is CCOP(=O)(Oc1ccc(O)c2c1C1(Cl)C(Cl)=CC2C1(Cl)Cl)OC(Cl)CCl. The zero-order chi connectivity index (χ0) is 20.2. The van der Waals surface area contributed by atoms with Crippen molar-refractivity contribution < 1.29 is 23.2 Å². The van der Waals surface area contributed by atoms with E-state index in [1.807, 2.05) is 0 Å². The molecular formula is C15H13Cl6O5P. The Morgan fingerprint density at radius 2 is 2.00 bits per heavy atom. The van der Waals surface area contributed by atoms with Crippen molar-refractivity contribution in [3.63, 3.8) is 0 Å². The second-order valence-electron chi connectivity index (χ2n) is 5.77. The minimum absolute atomic E-state index is 0.00764. The van der Waals surface area contributed by atoms with Gasteiger partial charge in [0.15, 0.2) is 9.90 Å². The van der Waals surface area contributed by atoms with Gasteiger partial charge < -0.3 is 9.63 Å². The molecule has 0 saturated heterocycles. The van der Waals surface area contributed by atoms with Gasteiger partial charge in [0.25, 0.3) is 0 Å². The Balaban J connectivity index is 2.10. The van der Waals surface area contributed by atoms with Crippen molar-refractivity contribution in [3.8, 4) is 11.5 Å². The molecule has 150 valence electrons. The standard InChI is InChI=1S/C15H13Cl6O5P/c1-2-24-27(23,26-11(18)6-16)25-9-4-3-8(22)12-7-5-10(17)14(19,13(9)12)15(7,20)21/h3-5,7,11,22H,2,6H2,1H3. The fourth-order valence-corrected chi connectivity index (χ4v) is 6.39. The zero-order valence-electron chi connectivity index (χ0n) is 13.6. The number of phenolic OH excluding ortho intramolecular Hbond substituents is 1. The molecule has 0 aromatic heterocycles. The van der Waals surface area contributed by atoms with Crippen LogP contribution in [-0.4, -0.2) is 27.5 Å². The van der Waals surface area contributed by atoms with Crippen LogP contribution in [0.5, 0.6) is 11.5 Å². The summed E-state index contributed by atoms with van der Waals surface area (Å²) in [4.78, 5) is -1.62. The molecule has 0 radical (unpaired) electrons. The summed E-state index contributed by atoms with van der Waals surface area (Å²) in [7, 11) is -4.18. The number of alkyl halides is 5. The summed E-state index contributed by atoms with van der Waals surface area (Å²) in [5.41, 5.74) is -0.619. The van der Waals surface area contributed by atoms with Crippen LogP contribution in [0.4, 0.5) is 0 Å². The van der Waals surface area contributed by atoms with Gasteiger partial charge in [0.1, 0.15) is 16.4 Å². The highest BCUT2D eigenvalue weighted by atomic mass is 35.5. The van der Waals surface area contributed by atoms with E-state index in [0.717, 1.165) is 0 Å². The van der Waals surface area contributed by atoms with Crippen LogP contribution in [-0.2, 0) is 18.5 Å². The van der Waals surface area contributed by atoms with Gasteiger partial charge >= 0.3 is 7.82 Å². The van der Waals surface area contributed by atoms with Gasteiger partial charge in [0, 0.05) is 22.1 Å². The van der Waals surface area contributed by atoms with Gasteiger partial charge in [0.05, 0.1) is 12.5 Å². The molecule has 3 rings (SSSR count). The predicted octanol–water partition coefficient (Wildman–Crippen LogP) is 6.58. The van der Waals surface area contributed by atoms with Crippen molar-refractivity contribution >= 4 is 77.4 Å². The number of hydrogen-bond donors (Lipinski definition) is 1. The monoisotopic (exact) mass is 514 g/mol. The number of fused-ring (bicyclic) bond motifs is 5. The maximum atomic E-state index is 13.0. The van der Waals surface area contributed by atoms with Gasteiger partial charge in [-0.2, -0.15) is 0 Å². The molecule has 0 fully saturated rings. The molecule has 1 aromatic carbocycles. The third kappa shape index (κ3) is 3.37. The summed E-state index contributed by atoms with van der Waals surface area (Å²) < 4.78 is 27.2. The summed E-state index contributed by atoms with van der Waals surface area (Å²) in [5.74, 6) is -0.981. The van der Waals surface area contributed by atoms with Gasteiger partial charge in [0.2, 0.25) is 0 Å². The summed E-state index contributed by atoms with van der Waals surface area (Å²) in [6.45, 7) is 1.60. The number of halogens is 6. The topological polar surface area (TPSA) is 65.0 Å². The Morgan fingerprint density at radius 3 is 2.59 bits per heavy atom. The molecule has 0 saturated carbocycles. The maximum absolute atomic E-state index is 13.0. The lowest BCUT2D eigenvalue weighted by Gasteiger charge is -2.30. The molecule has 1 N–H and O–H groups in total. The lowest BCUT2D eigenvalue weighted by Crippen LogP contribution is -2.33. The molecule has 2 aliphatic carbocycles. The van der Waals surface area contributed by atoms with Gasteiger partial charge in [-0.15, -0.1) is 23.2 Å². The van der Waals surface area contributed by atoms with Crippen molar-refractivity contribution in [1.29, 1.82) is 0 Å². The van der Waals surface area contributed by atoms with Crippen LogP contribution in [0.25, 0.3) is 0 Å². The van der Waals surface area contributed by atoms with Gasteiger partial charge in [-0.3, -0.25) is 9.05 Å².